The topological polar surface area (TPSA) is 77.5 Å². The molecule has 1 amide bonds. The fourth-order valence-corrected chi connectivity index (χ4v) is 4.33. The van der Waals surface area contributed by atoms with Gasteiger partial charge in [-0.15, -0.1) is 11.3 Å². The highest BCUT2D eigenvalue weighted by Crippen LogP contribution is 2.24. The average Bonchev–Trinajstić information content (AvgIpc) is 3.23. The summed E-state index contributed by atoms with van der Waals surface area (Å²) in [5, 5.41) is 4.74. The quantitative estimate of drug-likeness (QED) is 0.378. The Morgan fingerprint density at radius 2 is 1.63 bits per heavy atom. The first-order valence-corrected chi connectivity index (χ1v) is 11.1. The van der Waals surface area contributed by atoms with Crippen molar-refractivity contribution < 1.29 is 19.1 Å². The van der Waals surface area contributed by atoms with Gasteiger partial charge in [-0.05, 0) is 42.0 Å². The number of amides is 1. The van der Waals surface area contributed by atoms with Gasteiger partial charge in [-0.2, -0.15) is 0 Å². The number of nitrogens with one attached hydrogen (secondary N) is 1. The number of thioether (sulfide) groups is 1. The second kappa shape index (κ2) is 10.8. The summed E-state index contributed by atoms with van der Waals surface area (Å²) in [6.45, 7) is 0.449. The van der Waals surface area contributed by atoms with Crippen LogP contribution in [0.1, 0.15) is 21.6 Å². The average molecular weight is 443 g/mol. The van der Waals surface area contributed by atoms with Crippen molar-refractivity contribution in [3.8, 4) is 11.5 Å². The number of ketones is 1. The Labute approximate surface area is 183 Å². The fourth-order valence-electron chi connectivity index (χ4n) is 2.59. The summed E-state index contributed by atoms with van der Waals surface area (Å²) in [5.74, 6) is 1.72. The minimum atomic E-state index is -0.0954. The van der Waals surface area contributed by atoms with Gasteiger partial charge < -0.3 is 14.8 Å². The first-order chi connectivity index (χ1) is 14.6. The molecule has 0 aliphatic rings. The van der Waals surface area contributed by atoms with E-state index in [1.54, 1.807) is 38.5 Å². The molecule has 3 aromatic rings. The van der Waals surface area contributed by atoms with Crippen LogP contribution in [0.25, 0.3) is 0 Å². The summed E-state index contributed by atoms with van der Waals surface area (Å²) in [4.78, 5) is 28.9. The lowest BCUT2D eigenvalue weighted by atomic mass is 10.1. The van der Waals surface area contributed by atoms with Gasteiger partial charge in [-0.3, -0.25) is 9.59 Å². The van der Waals surface area contributed by atoms with E-state index in [4.69, 9.17) is 9.47 Å². The molecule has 0 saturated heterocycles. The Morgan fingerprint density at radius 3 is 2.27 bits per heavy atom. The maximum Gasteiger partial charge on any atom is 0.226 e. The van der Waals surface area contributed by atoms with Crippen molar-refractivity contribution in [1.29, 1.82) is 0 Å². The minimum absolute atomic E-state index is 0.0247. The van der Waals surface area contributed by atoms with Gasteiger partial charge >= 0.3 is 0 Å². The third-order valence-electron chi connectivity index (χ3n) is 4.26. The summed E-state index contributed by atoms with van der Waals surface area (Å²) in [6.07, 6.45) is 0.208. The van der Waals surface area contributed by atoms with Crippen molar-refractivity contribution in [3.05, 3.63) is 70.7 Å². The third kappa shape index (κ3) is 6.33. The van der Waals surface area contributed by atoms with Crippen molar-refractivity contribution in [2.45, 2.75) is 17.3 Å². The number of carbonyl (C=O) groups excluding carboxylic acids is 2. The van der Waals surface area contributed by atoms with Crippen LogP contribution in [0.2, 0.25) is 0 Å². The predicted octanol–water partition coefficient (Wildman–Crippen LogP) is 3.99. The van der Waals surface area contributed by atoms with Gasteiger partial charge in [0.05, 0.1) is 32.1 Å². The summed E-state index contributed by atoms with van der Waals surface area (Å²) in [6, 6.07) is 14.6. The number of hydrogen-bond donors (Lipinski definition) is 1. The summed E-state index contributed by atoms with van der Waals surface area (Å²) >= 11 is 2.82. The molecular weight excluding hydrogens is 420 g/mol. The molecule has 0 fully saturated rings. The van der Waals surface area contributed by atoms with Gasteiger partial charge in [0, 0.05) is 17.5 Å². The molecule has 1 aromatic heterocycles. The zero-order valence-electron chi connectivity index (χ0n) is 16.7. The third-order valence-corrected chi connectivity index (χ3v) is 6.33. The Hall–Kier alpha value is -2.84. The molecule has 8 heteroatoms. The summed E-state index contributed by atoms with van der Waals surface area (Å²) in [5.41, 5.74) is 2.33. The lowest BCUT2D eigenvalue weighted by Gasteiger charge is -2.05. The number of benzene rings is 2. The number of ether oxygens (including phenoxy) is 2. The van der Waals surface area contributed by atoms with E-state index in [0.29, 0.717) is 29.3 Å². The van der Waals surface area contributed by atoms with Crippen LogP contribution in [0.15, 0.2) is 58.3 Å². The lowest BCUT2D eigenvalue weighted by molar-refractivity contribution is -0.120. The number of rotatable bonds is 10. The number of nitrogens with zero attached hydrogens (tertiary/aromatic N) is 1. The largest absolute Gasteiger partial charge is 0.497 e. The van der Waals surface area contributed by atoms with Crippen molar-refractivity contribution in [3.63, 3.8) is 0 Å². The van der Waals surface area contributed by atoms with Crippen LogP contribution in [0.3, 0.4) is 0 Å². The van der Waals surface area contributed by atoms with Crippen LogP contribution in [0, 0.1) is 0 Å². The molecule has 3 rings (SSSR count). The van der Waals surface area contributed by atoms with Crippen LogP contribution in [0.4, 0.5) is 0 Å². The summed E-state index contributed by atoms with van der Waals surface area (Å²) in [7, 11) is 3.21. The highest BCUT2D eigenvalue weighted by molar-refractivity contribution is 8.01. The highest BCUT2D eigenvalue weighted by atomic mass is 32.2. The normalized spacial score (nSPS) is 10.5. The van der Waals surface area contributed by atoms with Gasteiger partial charge in [0.15, 0.2) is 10.1 Å². The molecular formula is C22H22N2O4S2. The molecule has 30 heavy (non-hydrogen) atoms. The van der Waals surface area contributed by atoms with E-state index >= 15 is 0 Å². The molecule has 0 aliphatic heterocycles. The molecule has 6 nitrogen and oxygen atoms in total. The van der Waals surface area contributed by atoms with Crippen LogP contribution < -0.4 is 14.8 Å². The Bertz CT molecular complexity index is 985. The van der Waals surface area contributed by atoms with Crippen LogP contribution in [-0.2, 0) is 17.8 Å². The van der Waals surface area contributed by atoms with E-state index in [1.165, 1.54) is 23.1 Å². The molecule has 2 aromatic carbocycles. The lowest BCUT2D eigenvalue weighted by Crippen LogP contribution is -2.24. The van der Waals surface area contributed by atoms with Gasteiger partial charge in [-0.1, -0.05) is 23.9 Å². The Morgan fingerprint density at radius 1 is 1.00 bits per heavy atom. The smallest absolute Gasteiger partial charge is 0.226 e. The van der Waals surface area contributed by atoms with Crippen LogP contribution in [0.5, 0.6) is 11.5 Å². The van der Waals surface area contributed by atoms with E-state index in [1.807, 2.05) is 29.6 Å². The van der Waals surface area contributed by atoms with E-state index < -0.39 is 0 Å². The molecule has 0 radical (unpaired) electrons. The number of hydrogen-bond acceptors (Lipinski definition) is 7. The second-order valence-electron chi connectivity index (χ2n) is 6.35. The van der Waals surface area contributed by atoms with Gasteiger partial charge in [0.2, 0.25) is 5.91 Å². The minimum Gasteiger partial charge on any atom is -0.497 e. The van der Waals surface area contributed by atoms with Gasteiger partial charge in [0.25, 0.3) is 0 Å². The molecule has 0 atom stereocenters. The van der Waals surface area contributed by atoms with Crippen molar-refractivity contribution in [2.24, 2.45) is 0 Å². The zero-order valence-corrected chi connectivity index (χ0v) is 18.3. The zero-order chi connectivity index (χ0) is 21.3. The Kier molecular flexibility index (Phi) is 7.87. The molecule has 0 aliphatic carbocycles. The second-order valence-corrected chi connectivity index (χ2v) is 8.43. The van der Waals surface area contributed by atoms with E-state index in [-0.39, 0.29) is 18.1 Å². The molecule has 0 saturated carbocycles. The number of carbonyl (C=O) groups is 2. The monoisotopic (exact) mass is 442 g/mol. The molecule has 0 bridgehead atoms. The number of Topliss-reactive ketones (excluding diaryl/α,β-unsaturated/α-hetero) is 1. The molecule has 156 valence electrons. The van der Waals surface area contributed by atoms with Crippen molar-refractivity contribution >= 4 is 34.8 Å². The Balaban J connectivity index is 1.44. The van der Waals surface area contributed by atoms with E-state index in [9.17, 15) is 9.59 Å². The van der Waals surface area contributed by atoms with Crippen molar-refractivity contribution in [2.75, 3.05) is 20.0 Å². The van der Waals surface area contributed by atoms with Gasteiger partial charge in [0.1, 0.15) is 11.5 Å². The number of thiazole rings is 1. The first kappa shape index (κ1) is 21.9. The van der Waals surface area contributed by atoms with Crippen molar-refractivity contribution in [1.82, 2.24) is 10.3 Å². The number of methoxy groups -OCH3 is 2. The molecule has 0 spiro atoms. The highest BCUT2D eigenvalue weighted by Gasteiger charge is 2.11. The van der Waals surface area contributed by atoms with E-state index in [2.05, 4.69) is 10.3 Å². The molecule has 0 unspecified atom stereocenters. The summed E-state index contributed by atoms with van der Waals surface area (Å²) < 4.78 is 11.0. The standard InChI is InChI=1S/C22H22N2O4S2/c1-27-18-7-3-15(4-8-18)12-23-21(26)11-17-13-29-22(24-17)30-14-20(25)16-5-9-19(28-2)10-6-16/h3-10,13H,11-12,14H2,1-2H3,(H,23,26). The maximum absolute atomic E-state index is 12.3. The van der Waals surface area contributed by atoms with Gasteiger partial charge in [-0.25, -0.2) is 4.98 Å². The SMILES string of the molecule is COc1ccc(CNC(=O)Cc2csc(SCC(=O)c3ccc(OC)cc3)n2)cc1. The molecule has 1 N–H and O–H groups in total. The molecule has 1 heterocycles. The fraction of sp³-hybridized carbons (Fsp3) is 0.227. The van der Waals surface area contributed by atoms with E-state index in [0.717, 1.165) is 15.7 Å². The van der Waals surface area contributed by atoms with Crippen LogP contribution in [-0.4, -0.2) is 36.6 Å². The number of aromatic nitrogens is 1. The predicted molar refractivity (Wildman–Crippen MR) is 119 cm³/mol. The maximum atomic E-state index is 12.3. The first-order valence-electron chi connectivity index (χ1n) is 9.21. The van der Waals surface area contributed by atoms with Crippen LogP contribution >= 0.6 is 23.1 Å².